The number of aromatic nitrogens is 2. The first kappa shape index (κ1) is 23.1. The Morgan fingerprint density at radius 2 is 2.15 bits per heavy atom. The first-order chi connectivity index (χ1) is 15.8. The molecule has 1 amide bonds. The van der Waals surface area contributed by atoms with Crippen LogP contribution in [0.5, 0.6) is 5.75 Å². The van der Waals surface area contributed by atoms with Gasteiger partial charge in [0.2, 0.25) is 11.9 Å². The molecule has 1 aromatic heterocycles. The fourth-order valence-electron chi connectivity index (χ4n) is 4.65. The molecule has 1 fully saturated rings. The van der Waals surface area contributed by atoms with Crippen LogP contribution in [-0.4, -0.2) is 73.9 Å². The van der Waals surface area contributed by atoms with Gasteiger partial charge in [-0.25, -0.2) is 9.37 Å². The summed E-state index contributed by atoms with van der Waals surface area (Å²) in [5, 5.41) is 47.1. The summed E-state index contributed by atoms with van der Waals surface area (Å²) in [5.41, 5.74) is 6.15. The predicted octanol–water partition coefficient (Wildman–Crippen LogP) is -0.655. The van der Waals surface area contributed by atoms with E-state index < -0.39 is 60.4 Å². The van der Waals surface area contributed by atoms with Gasteiger partial charge >= 0.3 is 0 Å². The zero-order valence-corrected chi connectivity index (χ0v) is 17.5. The third-order valence-electron chi connectivity index (χ3n) is 6.25. The number of nitrogens with two attached hydrogens (primary N) is 1. The Morgan fingerprint density at radius 3 is 2.88 bits per heavy atom. The number of hydrogen-bond acceptors (Lipinski definition) is 10. The zero-order valence-electron chi connectivity index (χ0n) is 17.5. The van der Waals surface area contributed by atoms with Crippen molar-refractivity contribution < 1.29 is 34.3 Å². The van der Waals surface area contributed by atoms with Gasteiger partial charge in [-0.05, 0) is 18.6 Å². The number of aliphatic hydroxyl groups excluding tert-OH is 4. The summed E-state index contributed by atoms with van der Waals surface area (Å²) in [6, 6.07) is 5.68. The summed E-state index contributed by atoms with van der Waals surface area (Å²) in [4.78, 5) is 20.4. The molecule has 33 heavy (non-hydrogen) atoms. The molecule has 4 bridgehead atoms. The number of carbonyl (C=O) groups is 1. The molecule has 1 unspecified atom stereocenters. The largest absolute Gasteiger partial charge is 0.491 e. The van der Waals surface area contributed by atoms with Crippen molar-refractivity contribution in [2.24, 2.45) is 23.5 Å². The van der Waals surface area contributed by atoms with E-state index in [1.807, 2.05) is 0 Å². The maximum atomic E-state index is 14.6. The average Bonchev–Trinajstić information content (AvgIpc) is 3.17. The Hall–Kier alpha value is -3.06. The van der Waals surface area contributed by atoms with E-state index in [2.05, 4.69) is 20.6 Å². The molecule has 2 aromatic rings. The van der Waals surface area contributed by atoms with Crippen molar-refractivity contribution in [2.75, 3.05) is 23.8 Å². The van der Waals surface area contributed by atoms with E-state index in [-0.39, 0.29) is 24.8 Å². The molecular formula is C21H26FN5O6. The van der Waals surface area contributed by atoms with E-state index in [1.54, 1.807) is 24.3 Å². The molecule has 4 rings (SSSR count). The van der Waals surface area contributed by atoms with Gasteiger partial charge in [-0.15, -0.1) is 0 Å². The monoisotopic (exact) mass is 463 g/mol. The Balaban J connectivity index is 1.78. The molecule has 0 spiro atoms. The lowest BCUT2D eigenvalue weighted by atomic mass is 9.87. The third-order valence-corrected chi connectivity index (χ3v) is 6.25. The summed E-state index contributed by atoms with van der Waals surface area (Å²) < 4.78 is 20.2. The van der Waals surface area contributed by atoms with Crippen LogP contribution in [0.1, 0.15) is 6.42 Å². The maximum absolute atomic E-state index is 14.6. The van der Waals surface area contributed by atoms with Crippen molar-refractivity contribution in [1.82, 2.24) is 9.97 Å². The maximum Gasteiger partial charge on any atom is 0.229 e. The van der Waals surface area contributed by atoms with Crippen molar-refractivity contribution in [2.45, 2.75) is 30.8 Å². The van der Waals surface area contributed by atoms with Crippen LogP contribution in [0.2, 0.25) is 0 Å². The van der Waals surface area contributed by atoms with Crippen LogP contribution in [0.4, 0.5) is 21.8 Å². The molecule has 178 valence electrons. The minimum absolute atomic E-state index is 0.0263. The van der Waals surface area contributed by atoms with Crippen LogP contribution >= 0.6 is 0 Å². The lowest BCUT2D eigenvalue weighted by Crippen LogP contribution is -2.47. The molecule has 1 saturated carbocycles. The molecule has 1 aliphatic carbocycles. The van der Waals surface area contributed by atoms with Gasteiger partial charge in [0.25, 0.3) is 0 Å². The van der Waals surface area contributed by atoms with Crippen LogP contribution in [-0.2, 0) is 4.79 Å². The molecule has 8 N–H and O–H groups in total. The number of ether oxygens (including phenoxy) is 1. The number of anilines is 3. The second kappa shape index (κ2) is 9.43. The van der Waals surface area contributed by atoms with Gasteiger partial charge in [-0.1, -0.05) is 6.07 Å². The molecule has 12 heteroatoms. The average molecular weight is 463 g/mol. The van der Waals surface area contributed by atoms with Crippen LogP contribution < -0.4 is 21.1 Å². The van der Waals surface area contributed by atoms with Crippen molar-refractivity contribution in [1.29, 1.82) is 0 Å². The molecule has 1 aliphatic heterocycles. The second-order valence-corrected chi connectivity index (χ2v) is 8.32. The van der Waals surface area contributed by atoms with E-state index >= 15 is 0 Å². The van der Waals surface area contributed by atoms with Crippen molar-refractivity contribution >= 4 is 23.4 Å². The predicted molar refractivity (Wildman–Crippen MR) is 114 cm³/mol. The van der Waals surface area contributed by atoms with Gasteiger partial charge < -0.3 is 41.5 Å². The highest BCUT2D eigenvalue weighted by atomic mass is 19.1. The highest BCUT2D eigenvalue weighted by molar-refractivity contribution is 5.79. The molecule has 1 aromatic carbocycles. The van der Waals surface area contributed by atoms with Crippen LogP contribution in [0.25, 0.3) is 0 Å². The number of fused-ring (bicyclic) bond motifs is 5. The van der Waals surface area contributed by atoms with Gasteiger partial charge in [0, 0.05) is 29.6 Å². The number of nitrogens with one attached hydrogen (secondary N) is 2. The fraction of sp³-hybridized carbons (Fsp3) is 0.476. The normalized spacial score (nSPS) is 30.1. The number of benzene rings is 1. The minimum atomic E-state index is -1.42. The highest BCUT2D eigenvalue weighted by Crippen LogP contribution is 2.43. The highest BCUT2D eigenvalue weighted by Gasteiger charge is 2.52. The zero-order chi connectivity index (χ0) is 23.7. The van der Waals surface area contributed by atoms with Crippen molar-refractivity contribution in [3.05, 3.63) is 36.3 Å². The molecule has 7 atom stereocenters. The van der Waals surface area contributed by atoms with Gasteiger partial charge in [-0.2, -0.15) is 4.98 Å². The topological polar surface area (TPSA) is 183 Å². The Bertz CT molecular complexity index is 1010. The summed E-state index contributed by atoms with van der Waals surface area (Å²) >= 11 is 0. The van der Waals surface area contributed by atoms with Crippen molar-refractivity contribution in [3.63, 3.8) is 0 Å². The molecule has 2 heterocycles. The summed E-state index contributed by atoms with van der Waals surface area (Å²) in [7, 11) is 0. The van der Waals surface area contributed by atoms with Crippen molar-refractivity contribution in [3.8, 4) is 5.75 Å². The fourth-order valence-corrected chi connectivity index (χ4v) is 4.65. The number of amides is 1. The SMILES string of the molecule is NC(=O)[C@@H]1[C@@H]2Nc3nc(ncc3F)Nc3cccc(c3)OC[C@@H](O)[C@H](O)[C@H]2C[C@H]1C(O)CO. The standard InChI is InChI=1S/C21H26FN5O6/c22-13-6-24-21-25-9-2-1-3-10(4-9)33-8-15(30)18(31)12-5-11(14(29)7-28)16(19(23)32)17(12)26-20(13)27-21/h1-4,6,11-12,14-18,28-31H,5,7-8H2,(H2,23,32)(H2,24,25,26,27)/t11-,12-,14?,15+,16-,17+,18+/m0/s1. The number of nitrogens with zero attached hydrogens (tertiary/aromatic N) is 2. The lowest BCUT2D eigenvalue weighted by Gasteiger charge is -2.31. The third kappa shape index (κ3) is 4.69. The van der Waals surface area contributed by atoms with E-state index in [4.69, 9.17) is 10.5 Å². The molecule has 2 aliphatic rings. The van der Waals surface area contributed by atoms with Gasteiger partial charge in [0.1, 0.15) is 18.5 Å². The lowest BCUT2D eigenvalue weighted by molar-refractivity contribution is -0.125. The summed E-state index contributed by atoms with van der Waals surface area (Å²) in [6.45, 7) is -0.903. The second-order valence-electron chi connectivity index (χ2n) is 8.32. The quantitative estimate of drug-likeness (QED) is 0.309. The van der Waals surface area contributed by atoms with Gasteiger partial charge in [0.15, 0.2) is 11.6 Å². The first-order valence-electron chi connectivity index (χ1n) is 10.5. The molecule has 0 saturated heterocycles. The number of hydrogen-bond donors (Lipinski definition) is 7. The summed E-state index contributed by atoms with van der Waals surface area (Å²) in [5.74, 6) is -4.20. The van der Waals surface area contributed by atoms with E-state index in [0.717, 1.165) is 6.20 Å². The number of primary amides is 1. The number of halogens is 1. The molecule has 11 nitrogen and oxygen atoms in total. The van der Waals surface area contributed by atoms with Crippen LogP contribution in [0, 0.1) is 23.6 Å². The Labute approximate surface area is 188 Å². The van der Waals surface area contributed by atoms with E-state index in [0.29, 0.717) is 11.4 Å². The van der Waals surface area contributed by atoms with Crippen LogP contribution in [0.15, 0.2) is 30.5 Å². The summed E-state index contributed by atoms with van der Waals surface area (Å²) in [6.07, 6.45) is -3.14. The van der Waals surface area contributed by atoms with E-state index in [1.165, 1.54) is 0 Å². The Morgan fingerprint density at radius 1 is 1.36 bits per heavy atom. The molecular weight excluding hydrogens is 437 g/mol. The van der Waals surface area contributed by atoms with Gasteiger partial charge in [0.05, 0.1) is 30.9 Å². The number of rotatable bonds is 3. The van der Waals surface area contributed by atoms with Crippen LogP contribution in [0.3, 0.4) is 0 Å². The smallest absolute Gasteiger partial charge is 0.229 e. The first-order valence-corrected chi connectivity index (χ1v) is 10.5. The number of aliphatic hydroxyl groups is 4. The van der Waals surface area contributed by atoms with Gasteiger partial charge in [-0.3, -0.25) is 4.79 Å². The number of carbonyl (C=O) groups excluding carboxylic acids is 1. The molecule has 0 radical (unpaired) electrons. The van der Waals surface area contributed by atoms with E-state index in [9.17, 15) is 29.6 Å². The minimum Gasteiger partial charge on any atom is -0.491 e. The Kier molecular flexibility index (Phi) is 6.61.